The van der Waals surface area contributed by atoms with E-state index in [1.807, 2.05) is 23.6 Å². The Bertz CT molecular complexity index is 1170. The molecule has 2 aromatic rings. The molecule has 14 heteroatoms. The number of fused-ring (bicyclic) bond motifs is 2. The van der Waals surface area contributed by atoms with Crippen molar-refractivity contribution in [1.29, 1.82) is 0 Å². The van der Waals surface area contributed by atoms with Crippen molar-refractivity contribution in [2.45, 2.75) is 44.4 Å². The van der Waals surface area contributed by atoms with Crippen LogP contribution in [0.5, 0.6) is 0 Å². The second kappa shape index (κ2) is 8.36. The molecule has 2 atom stereocenters. The molecule has 0 saturated heterocycles. The van der Waals surface area contributed by atoms with Gasteiger partial charge >= 0.3 is 20.2 Å². The second-order valence-corrected chi connectivity index (χ2v) is 12.0. The molecule has 10 nitrogen and oxygen atoms in total. The first-order valence-electron chi connectivity index (χ1n) is 9.49. The van der Waals surface area contributed by atoms with Gasteiger partial charge in [0, 0.05) is 22.9 Å². The van der Waals surface area contributed by atoms with Crippen LogP contribution < -0.4 is 15.6 Å². The predicted octanol–water partition coefficient (Wildman–Crippen LogP) is 2.34. The Labute approximate surface area is 195 Å². The first kappa shape index (κ1) is 23.6. The lowest BCUT2D eigenvalue weighted by Crippen LogP contribution is -2.52. The van der Waals surface area contributed by atoms with Crippen LogP contribution in [0, 0.1) is 0 Å². The largest absolute Gasteiger partial charge is 0.345 e. The Morgan fingerprint density at radius 1 is 0.812 bits per heavy atom. The van der Waals surface area contributed by atoms with E-state index in [9.17, 15) is 31.8 Å². The Kier molecular flexibility index (Phi) is 6.17. The molecule has 170 valence electrons. The van der Waals surface area contributed by atoms with Crippen LogP contribution in [0.15, 0.2) is 56.0 Å². The molecule has 32 heavy (non-hydrogen) atoms. The minimum Gasteiger partial charge on any atom is -0.345 e. The van der Waals surface area contributed by atoms with E-state index in [0.717, 1.165) is 5.01 Å². The first-order chi connectivity index (χ1) is 15.0. The standard InChI is InChI=1S/C18H18N4O6S4/c1-3-20-13-7-5-11(31(23,24)25)9-15(13)29-17(20)22(19)18-21(4-2)14-8-6-12(32(26,27)28)10-16(14)30-18/h5-10,17-18H,3-4H2,1-2H3. The highest BCUT2D eigenvalue weighted by Gasteiger charge is 2.42. The summed E-state index contributed by atoms with van der Waals surface area (Å²) in [7, 11) is -9.22. The maximum absolute atomic E-state index is 11.4. The topological polar surface area (TPSA) is 140 Å². The molecule has 2 aliphatic rings. The molecular weight excluding hydrogens is 496 g/mol. The summed E-state index contributed by atoms with van der Waals surface area (Å²) in [6.45, 7) is 4.77. The molecule has 4 rings (SSSR count). The molecule has 4 radical (unpaired) electrons. The molecular formula is C18H18N4O6S4. The highest BCUT2D eigenvalue weighted by molar-refractivity contribution is 8.01. The van der Waals surface area contributed by atoms with Crippen LogP contribution in [0.2, 0.25) is 0 Å². The molecule has 2 unspecified atom stereocenters. The van der Waals surface area contributed by atoms with Gasteiger partial charge < -0.3 is 9.80 Å². The maximum Gasteiger partial charge on any atom is 0.324 e. The summed E-state index contributed by atoms with van der Waals surface area (Å²) in [6.07, 6.45) is 0. The van der Waals surface area contributed by atoms with Crippen molar-refractivity contribution in [1.82, 2.24) is 10.9 Å². The maximum atomic E-state index is 11.4. The molecule has 0 N–H and O–H groups in total. The number of rotatable bonds is 6. The van der Waals surface area contributed by atoms with E-state index in [2.05, 4.69) is 0 Å². The fraction of sp³-hybridized carbons (Fsp3) is 0.333. The zero-order valence-corrected chi connectivity index (χ0v) is 20.2. The summed E-state index contributed by atoms with van der Waals surface area (Å²) in [6, 6.07) is 8.19. The van der Waals surface area contributed by atoms with Crippen molar-refractivity contribution in [2.75, 3.05) is 22.9 Å². The van der Waals surface area contributed by atoms with Gasteiger partial charge in [0.15, 0.2) is 11.0 Å². The number of nitrogens with zero attached hydrogens (tertiary/aromatic N) is 4. The highest BCUT2D eigenvalue weighted by Crippen LogP contribution is 2.50. The number of hydrogen-bond acceptors (Lipinski definition) is 9. The van der Waals surface area contributed by atoms with E-state index in [-0.39, 0.29) is 9.79 Å². The summed E-state index contributed by atoms with van der Waals surface area (Å²) >= 11 is 2.41. The minimum atomic E-state index is -4.61. The van der Waals surface area contributed by atoms with E-state index in [1.165, 1.54) is 47.8 Å². The van der Waals surface area contributed by atoms with Crippen LogP contribution in [0.1, 0.15) is 13.8 Å². The van der Waals surface area contributed by atoms with Crippen LogP contribution in [-0.4, -0.2) is 45.9 Å². The van der Waals surface area contributed by atoms with Gasteiger partial charge in [0.05, 0.1) is 21.2 Å². The monoisotopic (exact) mass is 514 g/mol. The number of anilines is 2. The highest BCUT2D eigenvalue weighted by atomic mass is 32.2. The Morgan fingerprint density at radius 2 is 1.19 bits per heavy atom. The van der Waals surface area contributed by atoms with Gasteiger partial charge in [0.25, 0.3) is 0 Å². The lowest BCUT2D eigenvalue weighted by atomic mass is 10.3. The Hall–Kier alpha value is -1.52. The average Bonchev–Trinajstić information content (AvgIpc) is 3.28. The van der Waals surface area contributed by atoms with Crippen molar-refractivity contribution in [3.8, 4) is 0 Å². The van der Waals surface area contributed by atoms with Gasteiger partial charge in [-0.1, -0.05) is 32.6 Å². The summed E-state index contributed by atoms with van der Waals surface area (Å²) < 4.78 is 68.4. The third kappa shape index (κ3) is 4.09. The fourth-order valence-corrected chi connectivity index (χ4v) is 7.61. The number of hydrogen-bond donors (Lipinski definition) is 0. The van der Waals surface area contributed by atoms with Gasteiger partial charge in [0.1, 0.15) is 0 Å². The molecule has 0 aromatic heterocycles. The first-order valence-corrected chi connectivity index (χ1v) is 14.1. The van der Waals surface area contributed by atoms with Crippen molar-refractivity contribution < 1.29 is 25.9 Å². The molecule has 0 fully saturated rings. The van der Waals surface area contributed by atoms with Gasteiger partial charge in [-0.15, -0.1) is 5.01 Å². The minimum absolute atomic E-state index is 0.339. The van der Waals surface area contributed by atoms with Gasteiger partial charge in [-0.25, -0.2) is 0 Å². The van der Waals surface area contributed by atoms with E-state index >= 15 is 0 Å². The van der Waals surface area contributed by atoms with E-state index in [0.29, 0.717) is 34.3 Å². The zero-order valence-electron chi connectivity index (χ0n) is 16.9. The molecule has 0 amide bonds. The van der Waals surface area contributed by atoms with Crippen LogP contribution in [0.4, 0.5) is 11.4 Å². The fourth-order valence-electron chi connectivity index (χ4n) is 3.71. The molecule has 2 heterocycles. The van der Waals surface area contributed by atoms with Crippen LogP contribution in [-0.2, 0) is 29.3 Å². The van der Waals surface area contributed by atoms with E-state index in [1.54, 1.807) is 12.1 Å². The molecule has 0 aliphatic carbocycles. The summed E-state index contributed by atoms with van der Waals surface area (Å²) in [5.74, 6) is 11.2. The second-order valence-electron chi connectivity index (χ2n) is 7.01. The van der Waals surface area contributed by atoms with Gasteiger partial charge in [0.2, 0.25) is 0 Å². The average molecular weight is 515 g/mol. The Morgan fingerprint density at radius 3 is 1.50 bits per heavy atom. The van der Waals surface area contributed by atoms with Crippen LogP contribution >= 0.6 is 23.5 Å². The van der Waals surface area contributed by atoms with Gasteiger partial charge in [-0.2, -0.15) is 16.8 Å². The third-order valence-corrected chi connectivity index (χ3v) is 9.38. The van der Waals surface area contributed by atoms with E-state index in [4.69, 9.17) is 0 Å². The smallest absolute Gasteiger partial charge is 0.324 e. The quantitative estimate of drug-likeness (QED) is 0.531. The molecule has 0 spiro atoms. The van der Waals surface area contributed by atoms with Crippen molar-refractivity contribution in [2.24, 2.45) is 0 Å². The number of thioether (sulfide) groups is 2. The SMILES string of the molecule is CCN1c2ccc(S([O])(=O)=O)cc2SC1N([N])C1Sc2cc(S([O])(=O)=O)ccc2N1CC. The lowest BCUT2D eigenvalue weighted by Gasteiger charge is -2.37. The number of benzene rings is 2. The molecule has 2 aliphatic heterocycles. The van der Waals surface area contributed by atoms with Crippen molar-refractivity contribution in [3.63, 3.8) is 0 Å². The van der Waals surface area contributed by atoms with Crippen LogP contribution in [0.25, 0.3) is 0 Å². The van der Waals surface area contributed by atoms with Crippen LogP contribution in [0.3, 0.4) is 0 Å². The summed E-state index contributed by atoms with van der Waals surface area (Å²) in [5, 5.41) is 1.11. The predicted molar refractivity (Wildman–Crippen MR) is 118 cm³/mol. The van der Waals surface area contributed by atoms with E-state index < -0.39 is 31.2 Å². The normalized spacial score (nSPS) is 20.7. The third-order valence-electron chi connectivity index (χ3n) is 5.19. The lowest BCUT2D eigenvalue weighted by molar-refractivity contribution is 0.224. The molecule has 2 aromatic carbocycles. The van der Waals surface area contributed by atoms with Gasteiger partial charge in [-0.3, -0.25) is 0 Å². The summed E-state index contributed by atoms with van der Waals surface area (Å²) in [5.41, 5.74) is 0.140. The van der Waals surface area contributed by atoms with Crippen molar-refractivity contribution in [3.05, 3.63) is 36.4 Å². The Balaban J connectivity index is 1.65. The van der Waals surface area contributed by atoms with Gasteiger partial charge in [-0.05, 0) is 56.1 Å². The van der Waals surface area contributed by atoms with Crippen molar-refractivity contribution >= 4 is 55.1 Å². The zero-order chi connectivity index (χ0) is 23.4. The summed E-state index contributed by atoms with van der Waals surface area (Å²) in [4.78, 5) is 4.16. The molecule has 0 bridgehead atoms. The molecule has 0 saturated carbocycles.